The van der Waals surface area contributed by atoms with Gasteiger partial charge in [-0.2, -0.15) is 5.10 Å². The molecule has 1 aliphatic heterocycles. The number of rotatable bonds is 3. The van der Waals surface area contributed by atoms with Crippen LogP contribution in [0.2, 0.25) is 0 Å². The largest absolute Gasteiger partial charge is 0.480 e. The third-order valence-corrected chi connectivity index (χ3v) is 2.78. The van der Waals surface area contributed by atoms with Gasteiger partial charge in [-0.25, -0.2) is 4.79 Å². The highest BCUT2D eigenvalue weighted by Gasteiger charge is 2.17. The van der Waals surface area contributed by atoms with Crippen molar-refractivity contribution in [2.75, 3.05) is 13.1 Å². The minimum Gasteiger partial charge on any atom is -0.480 e. The molecule has 2 heterocycles. The van der Waals surface area contributed by atoms with Gasteiger partial charge in [0.05, 0.1) is 6.20 Å². The number of hydrogen-bond donors (Lipinski definition) is 2. The lowest BCUT2D eigenvalue weighted by atomic mass is 10.0. The van der Waals surface area contributed by atoms with Gasteiger partial charge in [0.15, 0.2) is 0 Å². The lowest BCUT2D eigenvalue weighted by Gasteiger charge is -2.23. The van der Waals surface area contributed by atoms with Crippen LogP contribution in [0.25, 0.3) is 5.57 Å². The second-order valence-corrected chi connectivity index (χ2v) is 4.03. The average Bonchev–Trinajstić information content (AvgIpc) is 2.76. The standard InChI is InChI=1S/C11H13N3O4/c15-10(16)7-14-6-9(5-12-14)8-1-3-13(4-2-8)11(17)18/h1,5-6H,2-4,7H2,(H,15,16)(H,17,18). The van der Waals surface area contributed by atoms with Crippen LogP contribution in [-0.4, -0.2) is 50.0 Å². The zero-order chi connectivity index (χ0) is 13.1. The summed E-state index contributed by atoms with van der Waals surface area (Å²) in [6.07, 6.45) is 4.79. The molecule has 1 aliphatic rings. The normalized spacial score (nSPS) is 15.3. The number of carboxylic acids is 1. The molecule has 0 aromatic carbocycles. The van der Waals surface area contributed by atoms with E-state index in [2.05, 4.69) is 5.10 Å². The highest BCUT2D eigenvalue weighted by molar-refractivity contribution is 5.71. The molecule has 1 aromatic heterocycles. The molecule has 0 spiro atoms. The van der Waals surface area contributed by atoms with Gasteiger partial charge < -0.3 is 15.1 Å². The predicted octanol–water partition coefficient (Wildman–Crippen LogP) is 0.735. The monoisotopic (exact) mass is 251 g/mol. The molecule has 7 nitrogen and oxygen atoms in total. The SMILES string of the molecule is O=C(O)Cn1cc(C2=CCN(C(=O)O)CC2)cn1. The van der Waals surface area contributed by atoms with Crippen LogP contribution in [0.5, 0.6) is 0 Å². The summed E-state index contributed by atoms with van der Waals surface area (Å²) in [6.45, 7) is 0.634. The van der Waals surface area contributed by atoms with Crippen LogP contribution in [0.3, 0.4) is 0 Å². The van der Waals surface area contributed by atoms with E-state index in [1.807, 2.05) is 6.08 Å². The molecule has 0 saturated carbocycles. The first-order valence-electron chi connectivity index (χ1n) is 5.48. The van der Waals surface area contributed by atoms with Gasteiger partial charge in [0.1, 0.15) is 6.54 Å². The number of aliphatic carboxylic acids is 1. The van der Waals surface area contributed by atoms with Crippen molar-refractivity contribution in [2.45, 2.75) is 13.0 Å². The molecule has 18 heavy (non-hydrogen) atoms. The van der Waals surface area contributed by atoms with Crippen molar-refractivity contribution < 1.29 is 19.8 Å². The summed E-state index contributed by atoms with van der Waals surface area (Å²) < 4.78 is 1.35. The molecule has 0 aliphatic carbocycles. The first kappa shape index (κ1) is 12.2. The van der Waals surface area contributed by atoms with Crippen molar-refractivity contribution in [2.24, 2.45) is 0 Å². The Labute approximate surface area is 103 Å². The number of aromatic nitrogens is 2. The maximum atomic E-state index is 10.7. The van der Waals surface area contributed by atoms with Crippen LogP contribution in [0, 0.1) is 0 Å². The quantitative estimate of drug-likeness (QED) is 0.825. The molecule has 2 rings (SSSR count). The maximum Gasteiger partial charge on any atom is 0.407 e. The zero-order valence-corrected chi connectivity index (χ0v) is 9.61. The van der Waals surface area contributed by atoms with Gasteiger partial charge in [0.25, 0.3) is 0 Å². The highest BCUT2D eigenvalue weighted by atomic mass is 16.4. The molecular formula is C11H13N3O4. The van der Waals surface area contributed by atoms with Gasteiger partial charge in [-0.3, -0.25) is 9.48 Å². The Bertz CT molecular complexity index is 506. The van der Waals surface area contributed by atoms with E-state index in [1.54, 1.807) is 12.4 Å². The molecular weight excluding hydrogens is 238 g/mol. The van der Waals surface area contributed by atoms with Crippen molar-refractivity contribution in [1.82, 2.24) is 14.7 Å². The molecule has 96 valence electrons. The fourth-order valence-corrected chi connectivity index (χ4v) is 1.86. The van der Waals surface area contributed by atoms with Gasteiger partial charge in [0, 0.05) is 24.8 Å². The summed E-state index contributed by atoms with van der Waals surface area (Å²) in [7, 11) is 0. The Morgan fingerprint density at radius 1 is 1.39 bits per heavy atom. The summed E-state index contributed by atoms with van der Waals surface area (Å²) in [5.74, 6) is -0.945. The average molecular weight is 251 g/mol. The molecule has 0 radical (unpaired) electrons. The van der Waals surface area contributed by atoms with E-state index in [0.717, 1.165) is 11.1 Å². The Morgan fingerprint density at radius 2 is 2.17 bits per heavy atom. The number of carbonyl (C=O) groups is 2. The molecule has 0 saturated heterocycles. The van der Waals surface area contributed by atoms with Crippen LogP contribution in [0.1, 0.15) is 12.0 Å². The van der Waals surface area contributed by atoms with Crippen LogP contribution in [-0.2, 0) is 11.3 Å². The molecule has 0 bridgehead atoms. The minimum absolute atomic E-state index is 0.172. The summed E-state index contributed by atoms with van der Waals surface area (Å²) >= 11 is 0. The minimum atomic E-state index is -0.945. The fourth-order valence-electron chi connectivity index (χ4n) is 1.86. The van der Waals surface area contributed by atoms with Gasteiger partial charge >= 0.3 is 12.1 Å². The molecule has 7 heteroatoms. The second-order valence-electron chi connectivity index (χ2n) is 4.03. The number of nitrogens with zero attached hydrogens (tertiary/aromatic N) is 3. The first-order chi connectivity index (χ1) is 8.56. The van der Waals surface area contributed by atoms with Crippen molar-refractivity contribution in [1.29, 1.82) is 0 Å². The lowest BCUT2D eigenvalue weighted by Crippen LogP contribution is -2.33. The maximum absolute atomic E-state index is 10.7. The summed E-state index contributed by atoms with van der Waals surface area (Å²) in [4.78, 5) is 22.6. The molecule has 2 N–H and O–H groups in total. The van der Waals surface area contributed by atoms with Crippen LogP contribution in [0.15, 0.2) is 18.5 Å². The Morgan fingerprint density at radius 3 is 2.72 bits per heavy atom. The Hall–Kier alpha value is -2.31. The molecule has 1 aromatic rings. The number of hydrogen-bond acceptors (Lipinski definition) is 3. The molecule has 0 fully saturated rings. The van der Waals surface area contributed by atoms with Crippen LogP contribution >= 0.6 is 0 Å². The van der Waals surface area contributed by atoms with Crippen LogP contribution < -0.4 is 0 Å². The predicted molar refractivity (Wildman–Crippen MR) is 62.1 cm³/mol. The first-order valence-corrected chi connectivity index (χ1v) is 5.48. The van der Waals surface area contributed by atoms with E-state index in [0.29, 0.717) is 19.5 Å². The summed E-state index contributed by atoms with van der Waals surface area (Å²) in [5.41, 5.74) is 1.85. The Kier molecular flexibility index (Phi) is 3.31. The lowest BCUT2D eigenvalue weighted by molar-refractivity contribution is -0.137. The number of amides is 1. The molecule has 0 unspecified atom stereocenters. The summed E-state index contributed by atoms with van der Waals surface area (Å²) in [6, 6.07) is 0. The van der Waals surface area contributed by atoms with E-state index in [1.165, 1.54) is 9.58 Å². The number of carboxylic acid groups (broad SMARTS) is 2. The summed E-state index contributed by atoms with van der Waals surface area (Å²) in [5, 5.41) is 21.4. The van der Waals surface area contributed by atoms with Gasteiger partial charge in [-0.05, 0) is 12.0 Å². The van der Waals surface area contributed by atoms with E-state index < -0.39 is 12.1 Å². The van der Waals surface area contributed by atoms with E-state index in [4.69, 9.17) is 10.2 Å². The fraction of sp³-hybridized carbons (Fsp3) is 0.364. The van der Waals surface area contributed by atoms with Crippen molar-refractivity contribution >= 4 is 17.6 Å². The van der Waals surface area contributed by atoms with Crippen molar-refractivity contribution in [3.63, 3.8) is 0 Å². The van der Waals surface area contributed by atoms with Crippen LogP contribution in [0.4, 0.5) is 4.79 Å². The Balaban J connectivity index is 2.06. The molecule has 1 amide bonds. The van der Waals surface area contributed by atoms with E-state index >= 15 is 0 Å². The highest BCUT2D eigenvalue weighted by Crippen LogP contribution is 2.21. The van der Waals surface area contributed by atoms with Gasteiger partial charge in [0.2, 0.25) is 0 Å². The van der Waals surface area contributed by atoms with Gasteiger partial charge in [-0.15, -0.1) is 0 Å². The van der Waals surface area contributed by atoms with Crippen molar-refractivity contribution in [3.8, 4) is 0 Å². The van der Waals surface area contributed by atoms with E-state index in [9.17, 15) is 9.59 Å². The third kappa shape index (κ3) is 2.68. The topological polar surface area (TPSA) is 95.7 Å². The van der Waals surface area contributed by atoms with Gasteiger partial charge in [-0.1, -0.05) is 6.08 Å². The molecule has 0 atom stereocenters. The third-order valence-electron chi connectivity index (χ3n) is 2.78. The smallest absolute Gasteiger partial charge is 0.407 e. The van der Waals surface area contributed by atoms with Crippen molar-refractivity contribution in [3.05, 3.63) is 24.0 Å². The zero-order valence-electron chi connectivity index (χ0n) is 9.61. The second kappa shape index (κ2) is 4.91. The van der Waals surface area contributed by atoms with E-state index in [-0.39, 0.29) is 6.54 Å².